The summed E-state index contributed by atoms with van der Waals surface area (Å²) in [6.45, 7) is 14.5. The molecule has 0 saturated carbocycles. The molecule has 120 valence electrons. The minimum Gasteiger partial charge on any atom is -0.226 e. The molecule has 0 fully saturated rings. The minimum absolute atomic E-state index is 0.0133. The Morgan fingerprint density at radius 3 is 2.04 bits per heavy atom. The predicted octanol–water partition coefficient (Wildman–Crippen LogP) is 4.99. The van der Waals surface area contributed by atoms with E-state index in [0.29, 0.717) is 11.1 Å². The van der Waals surface area contributed by atoms with E-state index in [0.717, 1.165) is 28.7 Å². The van der Waals surface area contributed by atoms with Gasteiger partial charge in [0.1, 0.15) is 0 Å². The first-order valence-corrected chi connectivity index (χ1v) is 7.90. The van der Waals surface area contributed by atoms with Crippen LogP contribution in [0.15, 0.2) is 59.9 Å². The Hall–Kier alpha value is -4.12. The van der Waals surface area contributed by atoms with Gasteiger partial charge in [-0.25, -0.2) is 20.2 Å². The number of rotatable bonds is 2. The van der Waals surface area contributed by atoms with Crippen molar-refractivity contribution in [1.29, 1.82) is 10.5 Å². The molecule has 0 aromatic heterocycles. The standard InChI is InChI=1S/C22H12N4/c1-25-21(13-23)19-12-20(22(14-24)26-2)18-11-16(8-9-17(18)19)10-15-6-4-3-5-7-15/h3-9,11H,10,12H2. The van der Waals surface area contributed by atoms with Gasteiger partial charge in [-0.15, -0.1) is 0 Å². The van der Waals surface area contributed by atoms with E-state index >= 15 is 0 Å². The zero-order chi connectivity index (χ0) is 18.5. The average Bonchev–Trinajstić information content (AvgIpc) is 3.04. The van der Waals surface area contributed by atoms with Gasteiger partial charge in [-0.05, 0) is 46.2 Å². The molecular weight excluding hydrogens is 320 g/mol. The Kier molecular flexibility index (Phi) is 4.63. The molecule has 0 spiro atoms. The fourth-order valence-electron chi connectivity index (χ4n) is 3.16. The Morgan fingerprint density at radius 1 is 0.846 bits per heavy atom. The number of hydrogen-bond donors (Lipinski definition) is 0. The van der Waals surface area contributed by atoms with E-state index in [1.807, 2.05) is 60.7 Å². The van der Waals surface area contributed by atoms with Gasteiger partial charge in [0, 0.05) is 0 Å². The lowest BCUT2D eigenvalue weighted by Gasteiger charge is -2.07. The van der Waals surface area contributed by atoms with Crippen molar-refractivity contribution in [3.63, 3.8) is 0 Å². The summed E-state index contributed by atoms with van der Waals surface area (Å²) in [4.78, 5) is 6.64. The largest absolute Gasteiger partial charge is 0.265 e. The normalized spacial score (nSPS) is 15.7. The van der Waals surface area contributed by atoms with Crippen LogP contribution in [0.1, 0.15) is 28.7 Å². The molecule has 0 amide bonds. The smallest absolute Gasteiger partial charge is 0.226 e. The fourth-order valence-corrected chi connectivity index (χ4v) is 3.16. The van der Waals surface area contributed by atoms with Crippen molar-refractivity contribution in [2.45, 2.75) is 12.8 Å². The van der Waals surface area contributed by atoms with Crippen molar-refractivity contribution in [1.82, 2.24) is 0 Å². The molecule has 0 radical (unpaired) electrons. The maximum atomic E-state index is 9.29. The van der Waals surface area contributed by atoms with Crippen LogP contribution in [0.25, 0.3) is 20.8 Å². The summed E-state index contributed by atoms with van der Waals surface area (Å²) in [6, 6.07) is 19.7. The van der Waals surface area contributed by atoms with Crippen molar-refractivity contribution < 1.29 is 0 Å². The van der Waals surface area contributed by atoms with E-state index in [4.69, 9.17) is 13.1 Å². The molecule has 4 nitrogen and oxygen atoms in total. The quantitative estimate of drug-likeness (QED) is 0.574. The summed E-state index contributed by atoms with van der Waals surface area (Å²) < 4.78 is 0. The number of nitriles is 2. The third kappa shape index (κ3) is 2.97. The summed E-state index contributed by atoms with van der Waals surface area (Å²) >= 11 is 0. The minimum atomic E-state index is 0.0133. The summed E-state index contributed by atoms with van der Waals surface area (Å²) in [7, 11) is 0. The maximum Gasteiger partial charge on any atom is 0.265 e. The van der Waals surface area contributed by atoms with Crippen molar-refractivity contribution in [2.24, 2.45) is 0 Å². The molecule has 1 aliphatic carbocycles. The summed E-state index contributed by atoms with van der Waals surface area (Å²) in [5, 5.41) is 18.5. The second-order valence-corrected chi connectivity index (χ2v) is 5.82. The molecule has 2 aromatic rings. The molecule has 1 aliphatic rings. The van der Waals surface area contributed by atoms with Crippen molar-refractivity contribution >= 4 is 11.1 Å². The Bertz CT molecular complexity index is 1080. The van der Waals surface area contributed by atoms with Crippen molar-refractivity contribution in [2.75, 3.05) is 0 Å². The lowest BCUT2D eigenvalue weighted by Crippen LogP contribution is -1.91. The highest BCUT2D eigenvalue weighted by molar-refractivity contribution is 5.97. The van der Waals surface area contributed by atoms with Gasteiger partial charge in [0.2, 0.25) is 0 Å². The fraction of sp³-hybridized carbons (Fsp3) is 0.0909. The summed E-state index contributed by atoms with van der Waals surface area (Å²) in [5.41, 5.74) is 4.97. The highest BCUT2D eigenvalue weighted by Crippen LogP contribution is 2.44. The van der Waals surface area contributed by atoms with Gasteiger partial charge in [0.25, 0.3) is 11.4 Å². The summed E-state index contributed by atoms with van der Waals surface area (Å²) in [5.74, 6) is 0. The third-order valence-electron chi connectivity index (χ3n) is 4.35. The van der Waals surface area contributed by atoms with Crippen LogP contribution in [0.4, 0.5) is 0 Å². The van der Waals surface area contributed by atoms with Crippen LogP contribution in [-0.4, -0.2) is 0 Å². The van der Waals surface area contributed by atoms with E-state index in [9.17, 15) is 10.5 Å². The molecule has 0 N–H and O–H groups in total. The SMILES string of the molecule is [C-]#[N+]C(C#N)=C1CC(=C(C#N)[N+]#[C-])c2cc(Cc3ccccc3)ccc21. The van der Waals surface area contributed by atoms with Gasteiger partial charge in [0.15, 0.2) is 0 Å². The first kappa shape index (κ1) is 16.7. The molecule has 3 rings (SSSR count). The Labute approximate surface area is 152 Å². The number of allylic oxidation sites excluding steroid dienone is 4. The number of benzene rings is 2. The third-order valence-corrected chi connectivity index (χ3v) is 4.35. The number of hydrogen-bond acceptors (Lipinski definition) is 2. The molecule has 26 heavy (non-hydrogen) atoms. The van der Waals surface area contributed by atoms with Crippen LogP contribution in [0.2, 0.25) is 0 Å². The molecule has 0 aliphatic heterocycles. The molecule has 0 bridgehead atoms. The highest BCUT2D eigenvalue weighted by atomic mass is 14.7. The Morgan fingerprint density at radius 2 is 1.46 bits per heavy atom. The lowest BCUT2D eigenvalue weighted by atomic mass is 9.98. The average molecular weight is 332 g/mol. The van der Waals surface area contributed by atoms with E-state index in [1.165, 1.54) is 0 Å². The van der Waals surface area contributed by atoms with Gasteiger partial charge in [-0.1, -0.05) is 48.5 Å². The maximum absolute atomic E-state index is 9.29. The second kappa shape index (κ2) is 7.19. The summed E-state index contributed by atoms with van der Waals surface area (Å²) in [6.07, 6.45) is 0.995. The lowest BCUT2D eigenvalue weighted by molar-refractivity contribution is 1.19. The van der Waals surface area contributed by atoms with Gasteiger partial charge < -0.3 is 0 Å². The zero-order valence-electron chi connectivity index (χ0n) is 13.8. The molecule has 0 atom stereocenters. The molecule has 4 heteroatoms. The van der Waals surface area contributed by atoms with E-state index in [2.05, 4.69) is 9.69 Å². The van der Waals surface area contributed by atoms with Crippen LogP contribution in [-0.2, 0) is 6.42 Å². The van der Waals surface area contributed by atoms with Crippen molar-refractivity contribution in [3.8, 4) is 12.1 Å². The topological polar surface area (TPSA) is 56.3 Å². The number of nitrogens with zero attached hydrogens (tertiary/aromatic N) is 4. The molecule has 0 saturated heterocycles. The Balaban J connectivity index is 2.18. The number of fused-ring (bicyclic) bond motifs is 1. The highest BCUT2D eigenvalue weighted by Gasteiger charge is 2.27. The molecule has 2 aromatic carbocycles. The van der Waals surface area contributed by atoms with Gasteiger partial charge >= 0.3 is 0 Å². The molecule has 0 heterocycles. The van der Waals surface area contributed by atoms with Gasteiger partial charge in [-0.3, -0.25) is 0 Å². The first-order chi connectivity index (χ1) is 12.7. The first-order valence-electron chi connectivity index (χ1n) is 7.90. The van der Waals surface area contributed by atoms with E-state index in [-0.39, 0.29) is 17.8 Å². The van der Waals surface area contributed by atoms with Crippen LogP contribution in [0, 0.1) is 35.8 Å². The molecular formula is C22H12N4. The second-order valence-electron chi connectivity index (χ2n) is 5.82. The van der Waals surface area contributed by atoms with Crippen LogP contribution in [0.3, 0.4) is 0 Å². The van der Waals surface area contributed by atoms with Crippen molar-refractivity contribution in [3.05, 3.63) is 105 Å². The van der Waals surface area contributed by atoms with Crippen LogP contribution in [0.5, 0.6) is 0 Å². The predicted molar refractivity (Wildman–Crippen MR) is 98.6 cm³/mol. The monoisotopic (exact) mass is 332 g/mol. The van der Waals surface area contributed by atoms with Crippen LogP contribution < -0.4 is 0 Å². The van der Waals surface area contributed by atoms with E-state index < -0.39 is 0 Å². The van der Waals surface area contributed by atoms with Gasteiger partial charge in [0.05, 0.1) is 25.3 Å². The van der Waals surface area contributed by atoms with Gasteiger partial charge in [-0.2, -0.15) is 0 Å². The zero-order valence-corrected chi connectivity index (χ0v) is 13.8. The van der Waals surface area contributed by atoms with Crippen LogP contribution >= 0.6 is 0 Å². The molecule has 0 unspecified atom stereocenters. The van der Waals surface area contributed by atoms with E-state index in [1.54, 1.807) is 0 Å².